The molecule has 0 N–H and O–H groups in total. The van der Waals surface area contributed by atoms with Crippen molar-refractivity contribution >= 4 is 39.4 Å². The second-order valence-corrected chi connectivity index (χ2v) is 5.52. The van der Waals surface area contributed by atoms with Gasteiger partial charge in [-0.15, -0.1) is 11.8 Å². The van der Waals surface area contributed by atoms with Gasteiger partial charge in [-0.3, -0.25) is 9.98 Å². The van der Waals surface area contributed by atoms with Gasteiger partial charge in [-0.05, 0) is 18.6 Å². The average molecular weight is 318 g/mol. The number of rotatable bonds is 2. The second-order valence-electron chi connectivity index (χ2n) is 3.07. The van der Waals surface area contributed by atoms with Gasteiger partial charge in [-0.2, -0.15) is 0 Å². The molecule has 0 aromatic carbocycles. The minimum atomic E-state index is 0.429. The average Bonchev–Trinajstić information content (AvgIpc) is 2.65. The number of alkyl halides is 1. The van der Waals surface area contributed by atoms with Gasteiger partial charge in [0.15, 0.2) is 0 Å². The molecule has 0 radical (unpaired) electrons. The summed E-state index contributed by atoms with van der Waals surface area (Å²) in [7, 11) is 0. The van der Waals surface area contributed by atoms with E-state index in [2.05, 4.69) is 51.6 Å². The Morgan fingerprint density at radius 2 is 2.43 bits per heavy atom. The largest absolute Gasteiger partial charge is 0.263 e. The fraction of sp³-hybridized carbons (Fsp3) is 0.400. The van der Waals surface area contributed by atoms with E-state index in [1.165, 1.54) is 0 Å². The summed E-state index contributed by atoms with van der Waals surface area (Å²) in [4.78, 5) is 8.91. The van der Waals surface area contributed by atoms with Crippen molar-refractivity contribution in [1.82, 2.24) is 4.98 Å². The van der Waals surface area contributed by atoms with E-state index in [0.29, 0.717) is 4.05 Å². The van der Waals surface area contributed by atoms with Crippen LogP contribution >= 0.6 is 34.4 Å². The lowest BCUT2D eigenvalue weighted by atomic mass is 10.2. The third kappa shape index (κ3) is 2.28. The number of hydrogen-bond donors (Lipinski definition) is 0. The fourth-order valence-corrected chi connectivity index (χ4v) is 3.13. The summed E-state index contributed by atoms with van der Waals surface area (Å²) in [6.45, 7) is 2.12. The SMILES string of the molecule is CCc1ccc(C2=N[C@H](I)CS2)cn1. The Labute approximate surface area is 102 Å². The lowest BCUT2D eigenvalue weighted by Crippen LogP contribution is -1.95. The van der Waals surface area contributed by atoms with E-state index in [9.17, 15) is 0 Å². The first kappa shape index (κ1) is 10.4. The van der Waals surface area contributed by atoms with Crippen molar-refractivity contribution in [1.29, 1.82) is 0 Å². The predicted octanol–water partition coefficient (Wildman–Crippen LogP) is 2.90. The molecule has 0 saturated carbocycles. The molecule has 0 unspecified atom stereocenters. The maximum absolute atomic E-state index is 4.54. The molecule has 0 spiro atoms. The van der Waals surface area contributed by atoms with Crippen molar-refractivity contribution in [3.05, 3.63) is 29.6 Å². The van der Waals surface area contributed by atoms with Gasteiger partial charge in [0.1, 0.15) is 9.09 Å². The zero-order valence-corrected chi connectivity index (χ0v) is 10.9. The van der Waals surface area contributed by atoms with E-state index in [4.69, 9.17) is 0 Å². The van der Waals surface area contributed by atoms with E-state index < -0.39 is 0 Å². The molecule has 1 aromatic heterocycles. The van der Waals surface area contributed by atoms with E-state index in [-0.39, 0.29) is 0 Å². The molecule has 1 aromatic rings. The molecule has 2 heterocycles. The normalized spacial score (nSPS) is 21.0. The van der Waals surface area contributed by atoms with Crippen molar-refractivity contribution in [2.75, 3.05) is 5.75 Å². The minimum Gasteiger partial charge on any atom is -0.263 e. The highest BCUT2D eigenvalue weighted by Crippen LogP contribution is 2.26. The Bertz CT molecular complexity index is 348. The monoisotopic (exact) mass is 318 g/mol. The number of aromatic nitrogens is 1. The zero-order chi connectivity index (χ0) is 9.97. The molecule has 0 bridgehead atoms. The standard InChI is InChI=1S/C10H11IN2S/c1-2-8-4-3-7(5-12-8)10-13-9(11)6-14-10/h3-5,9H,2,6H2,1H3/t9-/m0/s1. The Kier molecular flexibility index (Phi) is 3.43. The molecular formula is C10H11IN2S. The lowest BCUT2D eigenvalue weighted by molar-refractivity contribution is 1.03. The number of thioether (sulfide) groups is 1. The molecular weight excluding hydrogens is 307 g/mol. The summed E-state index contributed by atoms with van der Waals surface area (Å²) in [5.41, 5.74) is 2.30. The molecule has 0 amide bonds. The molecule has 1 aliphatic heterocycles. The van der Waals surface area contributed by atoms with Crippen LogP contribution in [0.15, 0.2) is 23.3 Å². The van der Waals surface area contributed by atoms with Crippen LogP contribution in [0.2, 0.25) is 0 Å². The highest BCUT2D eigenvalue weighted by atomic mass is 127. The summed E-state index contributed by atoms with van der Waals surface area (Å²) in [5.74, 6) is 1.09. The molecule has 2 nitrogen and oxygen atoms in total. The molecule has 74 valence electrons. The number of halogens is 1. The van der Waals surface area contributed by atoms with Gasteiger partial charge in [-0.25, -0.2) is 0 Å². The van der Waals surface area contributed by atoms with Gasteiger partial charge < -0.3 is 0 Å². The van der Waals surface area contributed by atoms with Gasteiger partial charge in [0, 0.05) is 23.2 Å². The first-order valence-corrected chi connectivity index (χ1v) is 6.82. The number of hydrogen-bond acceptors (Lipinski definition) is 3. The number of aliphatic imine (C=N–C) groups is 1. The maximum Gasteiger partial charge on any atom is 0.112 e. The van der Waals surface area contributed by atoms with Crippen LogP contribution in [0.25, 0.3) is 0 Å². The van der Waals surface area contributed by atoms with Gasteiger partial charge >= 0.3 is 0 Å². The van der Waals surface area contributed by atoms with Crippen molar-refractivity contribution in [3.63, 3.8) is 0 Å². The third-order valence-corrected chi connectivity index (χ3v) is 4.46. The molecule has 0 saturated heterocycles. The topological polar surface area (TPSA) is 25.2 Å². The fourth-order valence-electron chi connectivity index (χ4n) is 1.27. The smallest absolute Gasteiger partial charge is 0.112 e. The third-order valence-electron chi connectivity index (χ3n) is 2.05. The van der Waals surface area contributed by atoms with Crippen LogP contribution in [0.3, 0.4) is 0 Å². The van der Waals surface area contributed by atoms with Crippen molar-refractivity contribution in [3.8, 4) is 0 Å². The van der Waals surface area contributed by atoms with Crippen molar-refractivity contribution < 1.29 is 0 Å². The van der Waals surface area contributed by atoms with Crippen LogP contribution in [0.4, 0.5) is 0 Å². The van der Waals surface area contributed by atoms with E-state index in [1.807, 2.05) is 18.0 Å². The molecule has 1 atom stereocenters. The highest BCUT2D eigenvalue weighted by Gasteiger charge is 2.16. The zero-order valence-electron chi connectivity index (χ0n) is 7.90. The maximum atomic E-state index is 4.54. The van der Waals surface area contributed by atoms with Crippen LogP contribution in [0.1, 0.15) is 18.2 Å². The van der Waals surface area contributed by atoms with E-state index in [0.717, 1.165) is 28.5 Å². The predicted molar refractivity (Wildman–Crippen MR) is 70.4 cm³/mol. The summed E-state index contributed by atoms with van der Waals surface area (Å²) in [5, 5.41) is 1.14. The number of nitrogens with zero attached hydrogens (tertiary/aromatic N) is 2. The van der Waals surface area contributed by atoms with Crippen LogP contribution in [0, 0.1) is 0 Å². The molecule has 1 aliphatic rings. The van der Waals surface area contributed by atoms with Crippen LogP contribution in [0.5, 0.6) is 0 Å². The van der Waals surface area contributed by atoms with Gasteiger partial charge in [0.25, 0.3) is 0 Å². The van der Waals surface area contributed by atoms with Crippen LogP contribution < -0.4 is 0 Å². The summed E-state index contributed by atoms with van der Waals surface area (Å²) < 4.78 is 0.429. The van der Waals surface area contributed by atoms with Gasteiger partial charge in [-0.1, -0.05) is 29.5 Å². The van der Waals surface area contributed by atoms with Crippen molar-refractivity contribution in [2.45, 2.75) is 17.4 Å². The highest BCUT2D eigenvalue weighted by molar-refractivity contribution is 14.1. The number of aryl methyl sites for hydroxylation is 1. The Balaban J connectivity index is 2.21. The van der Waals surface area contributed by atoms with E-state index >= 15 is 0 Å². The molecule has 0 aliphatic carbocycles. The van der Waals surface area contributed by atoms with Crippen molar-refractivity contribution in [2.24, 2.45) is 4.99 Å². The lowest BCUT2D eigenvalue weighted by Gasteiger charge is -2.00. The quantitative estimate of drug-likeness (QED) is 0.476. The summed E-state index contributed by atoms with van der Waals surface area (Å²) >= 11 is 4.18. The Hall–Kier alpha value is -0.100. The summed E-state index contributed by atoms with van der Waals surface area (Å²) in [6, 6.07) is 4.20. The molecule has 4 heteroatoms. The molecule has 14 heavy (non-hydrogen) atoms. The first-order valence-electron chi connectivity index (χ1n) is 4.59. The minimum absolute atomic E-state index is 0.429. The van der Waals surface area contributed by atoms with E-state index in [1.54, 1.807) is 0 Å². The second kappa shape index (κ2) is 4.61. The van der Waals surface area contributed by atoms with Crippen LogP contribution in [-0.2, 0) is 6.42 Å². The Morgan fingerprint density at radius 1 is 1.57 bits per heavy atom. The summed E-state index contributed by atoms with van der Waals surface area (Å²) in [6.07, 6.45) is 2.92. The molecule has 0 fully saturated rings. The van der Waals surface area contributed by atoms with Gasteiger partial charge in [0.2, 0.25) is 0 Å². The van der Waals surface area contributed by atoms with Crippen LogP contribution in [-0.4, -0.2) is 19.8 Å². The molecule has 2 rings (SSSR count). The van der Waals surface area contributed by atoms with Gasteiger partial charge in [0.05, 0.1) is 0 Å². The first-order chi connectivity index (χ1) is 6.79. The Morgan fingerprint density at radius 3 is 2.93 bits per heavy atom. The number of pyridine rings is 1.